The van der Waals surface area contributed by atoms with Crippen LogP contribution in [-0.4, -0.2) is 71.8 Å². The molecule has 1 aliphatic heterocycles. The van der Waals surface area contributed by atoms with Crippen LogP contribution in [0.5, 0.6) is 5.75 Å². The Hall–Kier alpha value is -2.91. The van der Waals surface area contributed by atoms with Gasteiger partial charge in [-0.15, -0.1) is 0 Å². The number of benzene rings is 2. The second-order valence-electron chi connectivity index (χ2n) is 9.56. The summed E-state index contributed by atoms with van der Waals surface area (Å²) in [6, 6.07) is 13.4. The highest BCUT2D eigenvalue weighted by Gasteiger charge is 2.38. The van der Waals surface area contributed by atoms with Crippen molar-refractivity contribution in [1.82, 2.24) is 9.80 Å². The number of rotatable bonds is 14. The summed E-state index contributed by atoms with van der Waals surface area (Å²) in [7, 11) is 1.61. The van der Waals surface area contributed by atoms with Crippen LogP contribution in [0.25, 0.3) is 0 Å². The van der Waals surface area contributed by atoms with E-state index in [-0.39, 0.29) is 25.2 Å². The molecule has 2 aromatic rings. The van der Waals surface area contributed by atoms with Gasteiger partial charge >= 0.3 is 0 Å². The van der Waals surface area contributed by atoms with Gasteiger partial charge in [0.1, 0.15) is 18.1 Å². The molecule has 0 radical (unpaired) electrons. The van der Waals surface area contributed by atoms with Gasteiger partial charge in [-0.2, -0.15) is 0 Å². The number of nitrogens with zero attached hydrogens (tertiary/aromatic N) is 2. The molecule has 37 heavy (non-hydrogen) atoms. The monoisotopic (exact) mass is 510 g/mol. The van der Waals surface area contributed by atoms with Crippen molar-refractivity contribution in [2.45, 2.75) is 58.5 Å². The van der Waals surface area contributed by atoms with Gasteiger partial charge in [0.05, 0.1) is 13.2 Å². The van der Waals surface area contributed by atoms with Crippen LogP contribution in [0.4, 0.5) is 0 Å². The number of hydrogen-bond acceptors (Lipinski definition) is 8. The average Bonchev–Trinajstić information content (AvgIpc) is 2.91. The maximum Gasteiger partial charge on any atom is 0.178 e. The van der Waals surface area contributed by atoms with Crippen molar-refractivity contribution in [2.75, 3.05) is 33.4 Å². The molecule has 1 aliphatic rings. The zero-order valence-electron chi connectivity index (χ0n) is 22.1. The minimum atomic E-state index is -1.82. The van der Waals surface area contributed by atoms with Gasteiger partial charge in [-0.05, 0) is 31.2 Å². The van der Waals surface area contributed by atoms with Gasteiger partial charge in [0.2, 0.25) is 0 Å². The Balaban J connectivity index is 1.70. The van der Waals surface area contributed by atoms with Crippen LogP contribution in [-0.2, 0) is 34.0 Å². The largest absolute Gasteiger partial charge is 0.489 e. The van der Waals surface area contributed by atoms with Gasteiger partial charge in [0, 0.05) is 56.6 Å². The second-order valence-corrected chi connectivity index (χ2v) is 9.56. The summed E-state index contributed by atoms with van der Waals surface area (Å²) < 4.78 is 11.5. The highest BCUT2D eigenvalue weighted by molar-refractivity contribution is 5.86. The van der Waals surface area contributed by atoms with E-state index in [1.165, 1.54) is 17.4 Å². The van der Waals surface area contributed by atoms with Crippen LogP contribution in [0.2, 0.25) is 0 Å². The van der Waals surface area contributed by atoms with Crippen LogP contribution in [0.1, 0.15) is 60.2 Å². The molecule has 200 valence electrons. The summed E-state index contributed by atoms with van der Waals surface area (Å²) in [5, 5.41) is 11.2. The van der Waals surface area contributed by atoms with Crippen molar-refractivity contribution in [3.05, 3.63) is 64.7 Å². The van der Waals surface area contributed by atoms with Gasteiger partial charge in [0.15, 0.2) is 17.8 Å². The first-order valence-corrected chi connectivity index (χ1v) is 12.8. The standard InChI is InChI=1S/C29H38N2O6/c1-4-26(34)12-13-29(35,22(2)33)30(3)19-27-25(20-32)6-5-7-28(27)37-21-24-10-8-23(9-11-24)18-31-14-16-36-17-15-31/h5-11,20,35H,4,12-19,21H2,1-3H3. The molecule has 1 heterocycles. The maximum absolute atomic E-state index is 12.4. The molecule has 0 aromatic heterocycles. The summed E-state index contributed by atoms with van der Waals surface area (Å²) >= 11 is 0. The molecule has 0 spiro atoms. The van der Waals surface area contributed by atoms with Gasteiger partial charge < -0.3 is 14.6 Å². The number of ketones is 2. The van der Waals surface area contributed by atoms with E-state index >= 15 is 0 Å². The second kappa shape index (κ2) is 13.6. The summed E-state index contributed by atoms with van der Waals surface area (Å²) in [6.45, 7) is 7.74. The van der Waals surface area contributed by atoms with E-state index in [9.17, 15) is 19.5 Å². The van der Waals surface area contributed by atoms with Crippen molar-refractivity contribution < 1.29 is 29.0 Å². The number of hydrogen-bond donors (Lipinski definition) is 1. The molecule has 0 saturated carbocycles. The van der Waals surface area contributed by atoms with E-state index in [0.29, 0.717) is 29.9 Å². The fourth-order valence-corrected chi connectivity index (χ4v) is 4.41. The molecule has 8 heteroatoms. The first-order chi connectivity index (χ1) is 17.8. The molecule has 0 aliphatic carbocycles. The highest BCUT2D eigenvalue weighted by atomic mass is 16.5. The van der Waals surface area contributed by atoms with Gasteiger partial charge in [0.25, 0.3) is 0 Å². The lowest BCUT2D eigenvalue weighted by Gasteiger charge is -2.35. The molecule has 2 aromatic carbocycles. The lowest BCUT2D eigenvalue weighted by Crippen LogP contribution is -2.52. The quantitative estimate of drug-likeness (QED) is 0.305. The predicted molar refractivity (Wildman–Crippen MR) is 140 cm³/mol. The third-order valence-corrected chi connectivity index (χ3v) is 6.96. The highest BCUT2D eigenvalue weighted by Crippen LogP contribution is 2.28. The van der Waals surface area contributed by atoms with Crippen LogP contribution in [0, 0.1) is 0 Å². The summed E-state index contributed by atoms with van der Waals surface area (Å²) in [5.41, 5.74) is 1.38. The molecular weight excluding hydrogens is 472 g/mol. The number of morpholine rings is 1. The molecule has 3 rings (SSSR count). The molecule has 1 N–H and O–H groups in total. The lowest BCUT2D eigenvalue weighted by molar-refractivity contribution is -0.160. The number of likely N-dealkylation sites (N-methyl/N-ethyl adjacent to an activating group) is 1. The van der Waals surface area contributed by atoms with E-state index in [1.807, 2.05) is 12.1 Å². The third-order valence-electron chi connectivity index (χ3n) is 6.96. The molecule has 1 saturated heterocycles. The van der Waals surface area contributed by atoms with Crippen molar-refractivity contribution >= 4 is 17.9 Å². The summed E-state index contributed by atoms with van der Waals surface area (Å²) in [6.07, 6.45) is 1.17. The number of carbonyl (C=O) groups is 3. The Kier molecular flexibility index (Phi) is 10.5. The van der Waals surface area contributed by atoms with Crippen LogP contribution >= 0.6 is 0 Å². The van der Waals surface area contributed by atoms with E-state index < -0.39 is 11.5 Å². The third kappa shape index (κ3) is 7.79. The molecular formula is C29H38N2O6. The van der Waals surface area contributed by atoms with Gasteiger partial charge in [-0.3, -0.25) is 24.2 Å². The number of aliphatic hydroxyl groups is 1. The number of ether oxygens (including phenoxy) is 2. The smallest absolute Gasteiger partial charge is 0.178 e. The number of Topliss-reactive ketones (excluding diaryl/α,β-unsaturated/α-hetero) is 2. The Bertz CT molecular complexity index is 1060. The molecule has 0 amide bonds. The van der Waals surface area contributed by atoms with Crippen LogP contribution in [0.15, 0.2) is 42.5 Å². The molecule has 1 atom stereocenters. The fraction of sp³-hybridized carbons (Fsp3) is 0.483. The zero-order chi connectivity index (χ0) is 26.8. The topological polar surface area (TPSA) is 96.4 Å². The van der Waals surface area contributed by atoms with E-state index in [4.69, 9.17) is 9.47 Å². The molecule has 1 fully saturated rings. The Morgan fingerprint density at radius 1 is 1.14 bits per heavy atom. The van der Waals surface area contributed by atoms with E-state index in [2.05, 4.69) is 17.0 Å². The minimum absolute atomic E-state index is 0.0121. The van der Waals surface area contributed by atoms with Crippen LogP contribution in [0.3, 0.4) is 0 Å². The lowest BCUT2D eigenvalue weighted by atomic mass is 9.97. The van der Waals surface area contributed by atoms with Crippen molar-refractivity contribution in [3.63, 3.8) is 0 Å². The van der Waals surface area contributed by atoms with Crippen molar-refractivity contribution in [1.29, 1.82) is 0 Å². The summed E-state index contributed by atoms with van der Waals surface area (Å²) in [5.74, 6) is 0.0212. The van der Waals surface area contributed by atoms with E-state index in [1.54, 1.807) is 32.2 Å². The Morgan fingerprint density at radius 2 is 1.81 bits per heavy atom. The number of carbonyl (C=O) groups excluding carboxylic acids is 3. The van der Waals surface area contributed by atoms with Crippen molar-refractivity contribution in [3.8, 4) is 5.75 Å². The SMILES string of the molecule is CCC(=O)CCC(O)(C(C)=O)N(C)Cc1c(C=O)cccc1OCc1ccc(CN2CCOCC2)cc1. The maximum atomic E-state index is 12.4. The predicted octanol–water partition coefficient (Wildman–Crippen LogP) is 3.38. The molecule has 8 nitrogen and oxygen atoms in total. The molecule has 1 unspecified atom stereocenters. The fourth-order valence-electron chi connectivity index (χ4n) is 4.41. The first-order valence-electron chi connectivity index (χ1n) is 12.8. The van der Waals surface area contributed by atoms with E-state index in [0.717, 1.165) is 44.7 Å². The Labute approximate surface area is 219 Å². The van der Waals surface area contributed by atoms with Gasteiger partial charge in [-0.1, -0.05) is 43.3 Å². The normalized spacial score (nSPS) is 15.8. The number of aldehydes is 1. The molecule has 0 bridgehead atoms. The Morgan fingerprint density at radius 3 is 2.43 bits per heavy atom. The first kappa shape index (κ1) is 28.7. The van der Waals surface area contributed by atoms with Gasteiger partial charge in [-0.25, -0.2) is 0 Å². The zero-order valence-corrected chi connectivity index (χ0v) is 22.1. The minimum Gasteiger partial charge on any atom is -0.489 e. The average molecular weight is 511 g/mol. The van der Waals surface area contributed by atoms with Crippen molar-refractivity contribution in [2.24, 2.45) is 0 Å². The summed E-state index contributed by atoms with van der Waals surface area (Å²) in [4.78, 5) is 39.9. The van der Waals surface area contributed by atoms with Crippen LogP contribution < -0.4 is 4.74 Å².